The summed E-state index contributed by atoms with van der Waals surface area (Å²) >= 11 is 0. The van der Waals surface area contributed by atoms with E-state index >= 15 is 0 Å². The summed E-state index contributed by atoms with van der Waals surface area (Å²) in [6.45, 7) is 3.43. The number of halogens is 1. The summed E-state index contributed by atoms with van der Waals surface area (Å²) in [7, 11) is 0. The van der Waals surface area contributed by atoms with Crippen molar-refractivity contribution in [3.8, 4) is 0 Å². The second kappa shape index (κ2) is 5.38. The number of ketones is 1. The van der Waals surface area contributed by atoms with Gasteiger partial charge in [0.1, 0.15) is 11.6 Å². The lowest BCUT2D eigenvalue weighted by atomic mass is 9.51. The fourth-order valence-electron chi connectivity index (χ4n) is 5.21. The molecule has 0 radical (unpaired) electrons. The van der Waals surface area contributed by atoms with Gasteiger partial charge in [0.05, 0.1) is 18.6 Å². The van der Waals surface area contributed by atoms with E-state index in [-0.39, 0.29) is 17.7 Å². The van der Waals surface area contributed by atoms with Gasteiger partial charge in [-0.15, -0.1) is 0 Å². The van der Waals surface area contributed by atoms with Crippen LogP contribution in [0.2, 0.25) is 0 Å². The van der Waals surface area contributed by atoms with Crippen LogP contribution in [0.1, 0.15) is 44.6 Å². The van der Waals surface area contributed by atoms with Gasteiger partial charge in [-0.25, -0.2) is 4.39 Å². The van der Waals surface area contributed by atoms with Crippen LogP contribution < -0.4 is 0 Å². The highest BCUT2D eigenvalue weighted by Crippen LogP contribution is 2.57. The summed E-state index contributed by atoms with van der Waals surface area (Å²) in [4.78, 5) is 13.0. The number of carbonyl (C=O) groups excluding carboxylic acids is 1. The van der Waals surface area contributed by atoms with Gasteiger partial charge in [-0.2, -0.15) is 0 Å². The van der Waals surface area contributed by atoms with Crippen LogP contribution in [0.15, 0.2) is 24.3 Å². The standard InChI is InChI=1S/C19H23FO3/c1-13-16-3-2-4-17(21)18(16,14-5-7-15(20)8-6-14)9-10-19(13)22-11-12-23-19/h5-8,13,16H,2-4,9-12H2,1H3/t13-,16-,18+/m0/s1. The van der Waals surface area contributed by atoms with Crippen LogP contribution in [-0.4, -0.2) is 24.8 Å². The molecule has 1 spiro atoms. The molecular formula is C19H23FO3. The Morgan fingerprint density at radius 3 is 2.52 bits per heavy atom. The van der Waals surface area contributed by atoms with Crippen molar-refractivity contribution in [1.29, 1.82) is 0 Å². The molecular weight excluding hydrogens is 295 g/mol. The highest BCUT2D eigenvalue weighted by molar-refractivity contribution is 5.91. The minimum Gasteiger partial charge on any atom is -0.347 e. The van der Waals surface area contributed by atoms with Crippen molar-refractivity contribution in [2.24, 2.45) is 11.8 Å². The highest BCUT2D eigenvalue weighted by atomic mass is 19.1. The molecule has 124 valence electrons. The van der Waals surface area contributed by atoms with Crippen molar-refractivity contribution in [2.75, 3.05) is 13.2 Å². The fourth-order valence-corrected chi connectivity index (χ4v) is 5.21. The Bertz CT molecular complexity index is 606. The molecule has 0 unspecified atom stereocenters. The molecule has 23 heavy (non-hydrogen) atoms. The lowest BCUT2D eigenvalue weighted by Crippen LogP contribution is -2.59. The third-order valence-corrected chi connectivity index (χ3v) is 6.35. The van der Waals surface area contributed by atoms with E-state index in [1.165, 1.54) is 12.1 Å². The van der Waals surface area contributed by atoms with Crippen molar-refractivity contribution in [2.45, 2.75) is 50.2 Å². The normalized spacial score (nSPS) is 36.2. The fraction of sp³-hybridized carbons (Fsp3) is 0.632. The van der Waals surface area contributed by atoms with Gasteiger partial charge in [0.15, 0.2) is 5.79 Å². The Morgan fingerprint density at radius 1 is 1.13 bits per heavy atom. The Kier molecular flexibility index (Phi) is 3.58. The summed E-state index contributed by atoms with van der Waals surface area (Å²) in [5, 5.41) is 0. The van der Waals surface area contributed by atoms with Gasteiger partial charge in [-0.3, -0.25) is 4.79 Å². The van der Waals surface area contributed by atoms with Crippen LogP contribution in [0.25, 0.3) is 0 Å². The Balaban J connectivity index is 1.78. The smallest absolute Gasteiger partial charge is 0.171 e. The number of benzene rings is 1. The first-order valence-corrected chi connectivity index (χ1v) is 8.66. The molecule has 4 rings (SSSR count). The predicted molar refractivity (Wildman–Crippen MR) is 83.5 cm³/mol. The van der Waals surface area contributed by atoms with Crippen LogP contribution in [0, 0.1) is 17.7 Å². The predicted octanol–water partition coefficient (Wildman–Crippen LogP) is 3.61. The van der Waals surface area contributed by atoms with Crippen molar-refractivity contribution in [3.05, 3.63) is 35.6 Å². The lowest BCUT2D eigenvalue weighted by Gasteiger charge is -2.54. The first kappa shape index (κ1) is 15.3. The molecule has 3 aliphatic rings. The molecule has 3 fully saturated rings. The maximum atomic E-state index is 13.4. The second-order valence-electron chi connectivity index (χ2n) is 7.20. The molecule has 1 aromatic rings. The van der Waals surface area contributed by atoms with Crippen molar-refractivity contribution >= 4 is 5.78 Å². The van der Waals surface area contributed by atoms with Gasteiger partial charge in [0, 0.05) is 18.8 Å². The van der Waals surface area contributed by atoms with Gasteiger partial charge in [0.2, 0.25) is 0 Å². The molecule has 4 heteroatoms. The number of hydrogen-bond acceptors (Lipinski definition) is 3. The third-order valence-electron chi connectivity index (χ3n) is 6.35. The van der Waals surface area contributed by atoms with Crippen molar-refractivity contribution < 1.29 is 18.7 Å². The van der Waals surface area contributed by atoms with E-state index in [0.717, 1.165) is 31.2 Å². The van der Waals surface area contributed by atoms with Gasteiger partial charge in [0.25, 0.3) is 0 Å². The molecule has 0 N–H and O–H groups in total. The van der Waals surface area contributed by atoms with E-state index in [9.17, 15) is 9.18 Å². The Hall–Kier alpha value is -1.26. The number of rotatable bonds is 1. The molecule has 0 amide bonds. The van der Waals surface area contributed by atoms with E-state index in [4.69, 9.17) is 9.47 Å². The zero-order valence-corrected chi connectivity index (χ0v) is 13.5. The van der Waals surface area contributed by atoms with E-state index in [2.05, 4.69) is 6.92 Å². The third kappa shape index (κ3) is 2.11. The van der Waals surface area contributed by atoms with E-state index in [0.29, 0.717) is 25.4 Å². The number of fused-ring (bicyclic) bond motifs is 1. The molecule has 0 aromatic heterocycles. The van der Waals surface area contributed by atoms with Gasteiger partial charge >= 0.3 is 0 Å². The molecule has 0 bridgehead atoms. The molecule has 1 heterocycles. The maximum absolute atomic E-state index is 13.4. The van der Waals surface area contributed by atoms with Crippen LogP contribution in [0.4, 0.5) is 4.39 Å². The second-order valence-corrected chi connectivity index (χ2v) is 7.20. The minimum absolute atomic E-state index is 0.160. The Labute approximate surface area is 136 Å². The summed E-state index contributed by atoms with van der Waals surface area (Å²) in [6.07, 6.45) is 4.00. The molecule has 2 aliphatic carbocycles. The Morgan fingerprint density at radius 2 is 1.83 bits per heavy atom. The average Bonchev–Trinajstić information content (AvgIpc) is 3.03. The van der Waals surface area contributed by atoms with Crippen LogP contribution in [0.3, 0.4) is 0 Å². The zero-order valence-electron chi connectivity index (χ0n) is 13.5. The zero-order chi connectivity index (χ0) is 16.1. The largest absolute Gasteiger partial charge is 0.347 e. The minimum atomic E-state index is -0.522. The number of ether oxygens (including phenoxy) is 2. The number of Topliss-reactive ketones (excluding diaryl/α,β-unsaturated/α-hetero) is 1. The molecule has 3 atom stereocenters. The summed E-state index contributed by atoms with van der Waals surface area (Å²) in [5.41, 5.74) is 0.472. The number of hydrogen-bond donors (Lipinski definition) is 0. The van der Waals surface area contributed by atoms with Gasteiger partial charge in [-0.05, 0) is 42.9 Å². The van der Waals surface area contributed by atoms with Gasteiger partial charge < -0.3 is 9.47 Å². The lowest BCUT2D eigenvalue weighted by molar-refractivity contribution is -0.235. The number of carbonyl (C=O) groups is 1. The van der Waals surface area contributed by atoms with E-state index in [1.807, 2.05) is 0 Å². The van der Waals surface area contributed by atoms with E-state index in [1.54, 1.807) is 12.1 Å². The first-order chi connectivity index (χ1) is 11.1. The van der Waals surface area contributed by atoms with Crippen LogP contribution >= 0.6 is 0 Å². The van der Waals surface area contributed by atoms with Crippen LogP contribution in [-0.2, 0) is 19.7 Å². The van der Waals surface area contributed by atoms with Crippen molar-refractivity contribution in [3.63, 3.8) is 0 Å². The molecule has 3 nitrogen and oxygen atoms in total. The first-order valence-electron chi connectivity index (χ1n) is 8.66. The topological polar surface area (TPSA) is 35.5 Å². The summed E-state index contributed by atoms with van der Waals surface area (Å²) < 4.78 is 25.3. The van der Waals surface area contributed by atoms with Crippen molar-refractivity contribution in [1.82, 2.24) is 0 Å². The molecule has 1 saturated heterocycles. The molecule has 2 saturated carbocycles. The average molecular weight is 318 g/mol. The van der Waals surface area contributed by atoms with Gasteiger partial charge in [-0.1, -0.05) is 19.1 Å². The van der Waals surface area contributed by atoms with E-state index < -0.39 is 11.2 Å². The monoisotopic (exact) mass is 318 g/mol. The maximum Gasteiger partial charge on any atom is 0.171 e. The quantitative estimate of drug-likeness (QED) is 0.793. The molecule has 1 aliphatic heterocycles. The SMILES string of the molecule is C[C@H]1[C@@H]2CCCC(=O)[C@@]2(c2ccc(F)cc2)CCC12OCCO2. The molecule has 1 aromatic carbocycles. The highest BCUT2D eigenvalue weighted by Gasteiger charge is 2.60. The summed E-state index contributed by atoms with van der Waals surface area (Å²) in [5.74, 6) is -0.117. The summed E-state index contributed by atoms with van der Waals surface area (Å²) in [6, 6.07) is 6.54. The van der Waals surface area contributed by atoms with Crippen LogP contribution in [0.5, 0.6) is 0 Å².